The second kappa shape index (κ2) is 5.05. The number of nitrogens with zero attached hydrogens (tertiary/aromatic N) is 1. The Labute approximate surface area is 122 Å². The van der Waals surface area contributed by atoms with E-state index in [9.17, 15) is 4.39 Å². The van der Waals surface area contributed by atoms with E-state index in [4.69, 9.17) is 10.3 Å². The van der Waals surface area contributed by atoms with Gasteiger partial charge in [-0.25, -0.2) is 4.39 Å². The zero-order chi connectivity index (χ0) is 15.0. The van der Waals surface area contributed by atoms with Gasteiger partial charge >= 0.3 is 0 Å². The van der Waals surface area contributed by atoms with Crippen LogP contribution in [0.15, 0.2) is 47.0 Å². The summed E-state index contributed by atoms with van der Waals surface area (Å²) in [7, 11) is 0. The summed E-state index contributed by atoms with van der Waals surface area (Å²) >= 11 is 0. The molecule has 2 aromatic carbocycles. The zero-order valence-electron chi connectivity index (χ0n) is 11.9. The number of hydrogen-bond donors (Lipinski definition) is 1. The minimum Gasteiger partial charge on any atom is -0.380 e. The Balaban J connectivity index is 2.19. The maximum atomic E-state index is 13.4. The van der Waals surface area contributed by atoms with Gasteiger partial charge in [0.05, 0.1) is 5.56 Å². The quantitative estimate of drug-likeness (QED) is 0.760. The molecule has 1 aromatic heterocycles. The van der Waals surface area contributed by atoms with Crippen molar-refractivity contribution in [2.75, 3.05) is 5.73 Å². The standard InChI is InChI=1S/C17H15FN2O/c1-10-6-7-12(8-11(10)2)15-16(21-20-17(15)19)13-4-3-5-14(18)9-13/h3-9H,1-2H3,(H2,19,20). The molecule has 0 saturated heterocycles. The summed E-state index contributed by atoms with van der Waals surface area (Å²) in [4.78, 5) is 0. The first kappa shape index (κ1) is 13.4. The van der Waals surface area contributed by atoms with Crippen LogP contribution in [0.3, 0.4) is 0 Å². The molecule has 0 aliphatic carbocycles. The van der Waals surface area contributed by atoms with Gasteiger partial charge in [0.2, 0.25) is 0 Å². The third kappa shape index (κ3) is 2.40. The second-order valence-electron chi connectivity index (χ2n) is 5.08. The number of anilines is 1. The lowest BCUT2D eigenvalue weighted by Gasteiger charge is -2.06. The van der Waals surface area contributed by atoms with Gasteiger partial charge in [0, 0.05) is 5.56 Å². The summed E-state index contributed by atoms with van der Waals surface area (Å²) in [5.74, 6) is 0.460. The molecule has 0 saturated carbocycles. The maximum Gasteiger partial charge on any atom is 0.177 e. The first-order valence-corrected chi connectivity index (χ1v) is 6.65. The Kier molecular flexibility index (Phi) is 3.22. The molecule has 0 unspecified atom stereocenters. The number of hydrogen-bond acceptors (Lipinski definition) is 3. The maximum absolute atomic E-state index is 13.4. The third-order valence-corrected chi connectivity index (χ3v) is 3.60. The van der Waals surface area contributed by atoms with Crippen molar-refractivity contribution in [3.8, 4) is 22.5 Å². The van der Waals surface area contributed by atoms with Crippen LogP contribution >= 0.6 is 0 Å². The van der Waals surface area contributed by atoms with Gasteiger partial charge in [-0.1, -0.05) is 35.5 Å². The number of halogens is 1. The summed E-state index contributed by atoms with van der Waals surface area (Å²) in [6.07, 6.45) is 0. The SMILES string of the molecule is Cc1ccc(-c2c(N)noc2-c2cccc(F)c2)cc1C. The molecular formula is C17H15FN2O. The highest BCUT2D eigenvalue weighted by Gasteiger charge is 2.18. The number of benzene rings is 2. The van der Waals surface area contributed by atoms with Crippen LogP contribution in [0.4, 0.5) is 10.2 Å². The number of nitrogens with two attached hydrogens (primary N) is 1. The number of aryl methyl sites for hydroxylation is 2. The minimum atomic E-state index is -0.325. The molecule has 0 bridgehead atoms. The smallest absolute Gasteiger partial charge is 0.177 e. The van der Waals surface area contributed by atoms with Crippen LogP contribution in [0.5, 0.6) is 0 Å². The Hall–Kier alpha value is -2.62. The van der Waals surface area contributed by atoms with Crippen molar-refractivity contribution in [2.45, 2.75) is 13.8 Å². The molecule has 2 N–H and O–H groups in total. The van der Waals surface area contributed by atoms with E-state index in [0.29, 0.717) is 22.7 Å². The number of rotatable bonds is 2. The van der Waals surface area contributed by atoms with E-state index in [0.717, 1.165) is 11.1 Å². The Morgan fingerprint density at radius 1 is 1.00 bits per heavy atom. The fourth-order valence-electron chi connectivity index (χ4n) is 2.31. The molecule has 0 spiro atoms. The van der Waals surface area contributed by atoms with Gasteiger partial charge in [-0.3, -0.25) is 0 Å². The predicted octanol–water partition coefficient (Wildman–Crippen LogP) is 4.35. The molecule has 106 valence electrons. The van der Waals surface area contributed by atoms with Crippen molar-refractivity contribution in [2.24, 2.45) is 0 Å². The van der Waals surface area contributed by atoms with Crippen LogP contribution in [0.2, 0.25) is 0 Å². The number of nitrogen functional groups attached to an aromatic ring is 1. The summed E-state index contributed by atoms with van der Waals surface area (Å²) in [5.41, 5.74) is 10.5. The predicted molar refractivity (Wildman–Crippen MR) is 81.2 cm³/mol. The summed E-state index contributed by atoms with van der Waals surface area (Å²) < 4.78 is 18.7. The first-order chi connectivity index (χ1) is 10.1. The average molecular weight is 282 g/mol. The molecule has 3 rings (SSSR count). The fourth-order valence-corrected chi connectivity index (χ4v) is 2.31. The molecular weight excluding hydrogens is 267 g/mol. The van der Waals surface area contributed by atoms with Gasteiger partial charge in [0.15, 0.2) is 11.6 Å². The summed E-state index contributed by atoms with van der Waals surface area (Å²) in [5, 5.41) is 3.83. The molecule has 0 amide bonds. The van der Waals surface area contributed by atoms with Crippen molar-refractivity contribution in [1.29, 1.82) is 0 Å². The van der Waals surface area contributed by atoms with E-state index in [1.165, 1.54) is 17.7 Å². The van der Waals surface area contributed by atoms with E-state index in [1.54, 1.807) is 12.1 Å². The monoisotopic (exact) mass is 282 g/mol. The van der Waals surface area contributed by atoms with Crippen molar-refractivity contribution >= 4 is 5.82 Å². The summed E-state index contributed by atoms with van der Waals surface area (Å²) in [6.45, 7) is 4.08. The molecule has 0 aliphatic rings. The largest absolute Gasteiger partial charge is 0.380 e. The molecule has 0 radical (unpaired) electrons. The fraction of sp³-hybridized carbons (Fsp3) is 0.118. The molecule has 0 fully saturated rings. The molecule has 3 nitrogen and oxygen atoms in total. The van der Waals surface area contributed by atoms with Gasteiger partial charge in [-0.15, -0.1) is 0 Å². The zero-order valence-corrected chi connectivity index (χ0v) is 11.9. The van der Waals surface area contributed by atoms with Crippen LogP contribution in [0, 0.1) is 19.7 Å². The van der Waals surface area contributed by atoms with Gasteiger partial charge < -0.3 is 10.3 Å². The van der Waals surface area contributed by atoms with Crippen LogP contribution in [0.25, 0.3) is 22.5 Å². The Bertz CT molecular complexity index is 808. The number of aromatic nitrogens is 1. The van der Waals surface area contributed by atoms with Gasteiger partial charge in [0.1, 0.15) is 5.82 Å². The van der Waals surface area contributed by atoms with Gasteiger partial charge in [-0.05, 0) is 42.7 Å². The topological polar surface area (TPSA) is 52.0 Å². The van der Waals surface area contributed by atoms with E-state index in [-0.39, 0.29) is 5.82 Å². The lowest BCUT2D eigenvalue weighted by Crippen LogP contribution is -1.90. The molecule has 21 heavy (non-hydrogen) atoms. The van der Waals surface area contributed by atoms with E-state index < -0.39 is 0 Å². The van der Waals surface area contributed by atoms with E-state index in [2.05, 4.69) is 5.16 Å². The van der Waals surface area contributed by atoms with Crippen LogP contribution < -0.4 is 5.73 Å². The highest BCUT2D eigenvalue weighted by atomic mass is 19.1. The van der Waals surface area contributed by atoms with Crippen LogP contribution in [-0.2, 0) is 0 Å². The Morgan fingerprint density at radius 2 is 1.81 bits per heavy atom. The van der Waals surface area contributed by atoms with Crippen molar-refractivity contribution in [1.82, 2.24) is 5.16 Å². The summed E-state index contributed by atoms with van der Waals surface area (Å²) in [6, 6.07) is 12.2. The molecule has 0 aliphatic heterocycles. The minimum absolute atomic E-state index is 0.303. The molecule has 0 atom stereocenters. The average Bonchev–Trinajstić information content (AvgIpc) is 2.84. The van der Waals surface area contributed by atoms with Crippen molar-refractivity contribution in [3.63, 3.8) is 0 Å². The second-order valence-corrected chi connectivity index (χ2v) is 5.08. The third-order valence-electron chi connectivity index (χ3n) is 3.60. The lowest BCUT2D eigenvalue weighted by atomic mass is 9.98. The highest BCUT2D eigenvalue weighted by molar-refractivity contribution is 5.86. The van der Waals surface area contributed by atoms with E-state index >= 15 is 0 Å². The highest BCUT2D eigenvalue weighted by Crippen LogP contribution is 2.37. The molecule has 4 heteroatoms. The first-order valence-electron chi connectivity index (χ1n) is 6.65. The van der Waals surface area contributed by atoms with Gasteiger partial charge in [0.25, 0.3) is 0 Å². The molecule has 3 aromatic rings. The van der Waals surface area contributed by atoms with Gasteiger partial charge in [-0.2, -0.15) is 0 Å². The van der Waals surface area contributed by atoms with Crippen molar-refractivity contribution < 1.29 is 8.91 Å². The molecule has 1 heterocycles. The van der Waals surface area contributed by atoms with E-state index in [1.807, 2.05) is 32.0 Å². The lowest BCUT2D eigenvalue weighted by molar-refractivity contribution is 0.436. The van der Waals surface area contributed by atoms with Crippen LogP contribution in [-0.4, -0.2) is 5.16 Å². The normalized spacial score (nSPS) is 10.8. The Morgan fingerprint density at radius 3 is 2.52 bits per heavy atom. The van der Waals surface area contributed by atoms with Crippen molar-refractivity contribution in [3.05, 3.63) is 59.4 Å². The van der Waals surface area contributed by atoms with Crippen LogP contribution in [0.1, 0.15) is 11.1 Å².